The number of hydrogen-bond donors (Lipinski definition) is 0. The number of nitrogens with zero attached hydrogens (tertiary/aromatic N) is 5. The summed E-state index contributed by atoms with van der Waals surface area (Å²) >= 11 is 1.42. The average molecular weight is 428 g/mol. The minimum Gasteiger partial charge on any atom is -0.311 e. The van der Waals surface area contributed by atoms with Crippen LogP contribution in [0.1, 0.15) is 11.1 Å². The Bertz CT molecular complexity index is 1240. The first kappa shape index (κ1) is 19.5. The molecular weight excluding hydrogens is 406 g/mol. The number of thioether (sulfide) groups is 1. The molecule has 0 bridgehead atoms. The molecule has 0 saturated heterocycles. The number of anilines is 1. The lowest BCUT2D eigenvalue weighted by molar-refractivity contribution is -0.116. The quantitative estimate of drug-likeness (QED) is 0.444. The maximum absolute atomic E-state index is 13.0. The second-order valence-electron chi connectivity index (χ2n) is 7.38. The maximum Gasteiger partial charge on any atom is 0.237 e. The van der Waals surface area contributed by atoms with Gasteiger partial charge in [0.15, 0.2) is 11.0 Å². The molecule has 6 nitrogen and oxygen atoms in total. The lowest BCUT2D eigenvalue weighted by Gasteiger charge is -2.17. The SMILES string of the molecule is Cc1ccccc1-n1c(SCC(=O)N2CCc3ccccc32)nnc1-c1ccncc1. The number of para-hydroxylation sites is 2. The number of benzene rings is 2. The third-order valence-electron chi connectivity index (χ3n) is 5.44. The van der Waals surface area contributed by atoms with Crippen LogP contribution in [0.15, 0.2) is 78.2 Å². The van der Waals surface area contributed by atoms with Crippen LogP contribution in [-0.4, -0.2) is 38.0 Å². The van der Waals surface area contributed by atoms with E-state index in [9.17, 15) is 4.79 Å². The van der Waals surface area contributed by atoms with E-state index in [4.69, 9.17) is 0 Å². The highest BCUT2D eigenvalue weighted by Gasteiger charge is 2.25. The summed E-state index contributed by atoms with van der Waals surface area (Å²) in [6.45, 7) is 2.79. The number of aromatic nitrogens is 4. The van der Waals surface area contributed by atoms with E-state index in [-0.39, 0.29) is 5.91 Å². The summed E-state index contributed by atoms with van der Waals surface area (Å²) < 4.78 is 2.03. The fraction of sp³-hybridized carbons (Fsp3) is 0.167. The van der Waals surface area contributed by atoms with Gasteiger partial charge in [-0.1, -0.05) is 48.2 Å². The molecule has 0 N–H and O–H groups in total. The highest BCUT2D eigenvalue weighted by molar-refractivity contribution is 7.99. The fourth-order valence-corrected chi connectivity index (χ4v) is 4.71. The monoisotopic (exact) mass is 427 g/mol. The first-order valence-corrected chi connectivity index (χ1v) is 11.1. The molecule has 0 unspecified atom stereocenters. The summed E-state index contributed by atoms with van der Waals surface area (Å²) in [6, 6.07) is 20.1. The average Bonchev–Trinajstić information content (AvgIpc) is 3.43. The Morgan fingerprint density at radius 3 is 2.52 bits per heavy atom. The van der Waals surface area contributed by atoms with Gasteiger partial charge in [0.2, 0.25) is 5.91 Å². The largest absolute Gasteiger partial charge is 0.311 e. The van der Waals surface area contributed by atoms with E-state index < -0.39 is 0 Å². The van der Waals surface area contributed by atoms with Crippen LogP contribution in [-0.2, 0) is 11.2 Å². The van der Waals surface area contributed by atoms with E-state index in [0.29, 0.717) is 10.9 Å². The topological polar surface area (TPSA) is 63.9 Å². The molecule has 4 aromatic rings. The molecule has 5 rings (SSSR count). The van der Waals surface area contributed by atoms with Gasteiger partial charge in [0.05, 0.1) is 11.4 Å². The minimum absolute atomic E-state index is 0.0831. The number of pyridine rings is 1. The molecule has 0 aliphatic carbocycles. The summed E-state index contributed by atoms with van der Waals surface area (Å²) in [5.74, 6) is 1.12. The first-order valence-electron chi connectivity index (χ1n) is 10.2. The Morgan fingerprint density at radius 2 is 1.71 bits per heavy atom. The van der Waals surface area contributed by atoms with E-state index in [0.717, 1.165) is 41.3 Å². The predicted octanol–water partition coefficient (Wildman–Crippen LogP) is 4.32. The van der Waals surface area contributed by atoms with Crippen LogP contribution in [0, 0.1) is 6.92 Å². The first-order chi connectivity index (χ1) is 15.2. The number of carbonyl (C=O) groups excluding carboxylic acids is 1. The Hall–Kier alpha value is -3.45. The van der Waals surface area contributed by atoms with Crippen molar-refractivity contribution in [3.05, 3.63) is 84.2 Å². The Balaban J connectivity index is 1.45. The number of hydrogen-bond acceptors (Lipinski definition) is 5. The summed E-state index contributed by atoms with van der Waals surface area (Å²) in [5.41, 5.74) is 5.28. The van der Waals surface area contributed by atoms with Crippen LogP contribution in [0.4, 0.5) is 5.69 Å². The van der Waals surface area contributed by atoms with Crippen molar-refractivity contribution in [2.75, 3.05) is 17.2 Å². The maximum atomic E-state index is 13.0. The van der Waals surface area contributed by atoms with Gasteiger partial charge in [0, 0.05) is 30.2 Å². The number of rotatable bonds is 5. The zero-order valence-corrected chi connectivity index (χ0v) is 17.9. The molecule has 2 aromatic carbocycles. The number of fused-ring (bicyclic) bond motifs is 1. The van der Waals surface area contributed by atoms with E-state index in [2.05, 4.69) is 34.2 Å². The highest BCUT2D eigenvalue weighted by Crippen LogP contribution is 2.31. The van der Waals surface area contributed by atoms with Crippen molar-refractivity contribution in [1.82, 2.24) is 19.7 Å². The summed E-state index contributed by atoms with van der Waals surface area (Å²) in [7, 11) is 0. The van der Waals surface area contributed by atoms with Crippen LogP contribution in [0.3, 0.4) is 0 Å². The van der Waals surface area contributed by atoms with Gasteiger partial charge in [0.1, 0.15) is 0 Å². The molecule has 31 heavy (non-hydrogen) atoms. The van der Waals surface area contributed by atoms with Gasteiger partial charge in [0.25, 0.3) is 0 Å². The standard InChI is InChI=1S/C24H21N5OS/c1-17-6-2-4-8-20(17)29-23(19-10-13-25-14-11-19)26-27-24(29)31-16-22(30)28-15-12-18-7-3-5-9-21(18)28/h2-11,13-14H,12,15-16H2,1H3. The number of carbonyl (C=O) groups is 1. The van der Waals surface area contributed by atoms with Gasteiger partial charge in [-0.15, -0.1) is 10.2 Å². The molecule has 154 valence electrons. The van der Waals surface area contributed by atoms with Crippen LogP contribution in [0.2, 0.25) is 0 Å². The van der Waals surface area contributed by atoms with Crippen molar-refractivity contribution < 1.29 is 4.79 Å². The number of aryl methyl sites for hydroxylation is 1. The highest BCUT2D eigenvalue weighted by atomic mass is 32.2. The summed E-state index contributed by atoms with van der Waals surface area (Å²) in [6.07, 6.45) is 4.39. The van der Waals surface area contributed by atoms with Crippen molar-refractivity contribution in [3.63, 3.8) is 0 Å². The second kappa shape index (κ2) is 8.35. The van der Waals surface area contributed by atoms with Gasteiger partial charge in [-0.25, -0.2) is 0 Å². The van der Waals surface area contributed by atoms with Gasteiger partial charge < -0.3 is 4.90 Å². The molecule has 0 atom stereocenters. The Morgan fingerprint density at radius 1 is 0.968 bits per heavy atom. The molecule has 2 aromatic heterocycles. The molecule has 1 amide bonds. The molecular formula is C24H21N5OS. The van der Waals surface area contributed by atoms with Crippen LogP contribution in [0.5, 0.6) is 0 Å². The third kappa shape index (κ3) is 3.72. The minimum atomic E-state index is 0.0831. The van der Waals surface area contributed by atoms with E-state index >= 15 is 0 Å². The Labute approximate surface area is 185 Å². The molecule has 7 heteroatoms. The normalized spacial score (nSPS) is 12.7. The van der Waals surface area contributed by atoms with E-state index in [1.54, 1.807) is 12.4 Å². The zero-order chi connectivity index (χ0) is 21.2. The van der Waals surface area contributed by atoms with Gasteiger partial charge in [-0.05, 0) is 48.7 Å². The molecule has 0 spiro atoms. The van der Waals surface area contributed by atoms with Crippen LogP contribution < -0.4 is 4.90 Å². The van der Waals surface area contributed by atoms with Crippen molar-refractivity contribution >= 4 is 23.4 Å². The molecule has 1 aliphatic rings. The summed E-state index contributed by atoms with van der Waals surface area (Å²) in [5, 5.41) is 9.59. The van der Waals surface area contributed by atoms with Gasteiger partial charge in [-0.2, -0.15) is 0 Å². The molecule has 1 aliphatic heterocycles. The van der Waals surface area contributed by atoms with Crippen LogP contribution >= 0.6 is 11.8 Å². The van der Waals surface area contributed by atoms with E-state index in [1.807, 2.05) is 58.0 Å². The lowest BCUT2D eigenvalue weighted by Crippen LogP contribution is -2.30. The molecule has 0 radical (unpaired) electrons. The van der Waals surface area contributed by atoms with Crippen molar-refractivity contribution in [3.8, 4) is 17.1 Å². The van der Waals surface area contributed by atoms with Crippen molar-refractivity contribution in [2.24, 2.45) is 0 Å². The summed E-state index contributed by atoms with van der Waals surface area (Å²) in [4.78, 5) is 19.0. The fourth-order valence-electron chi connectivity index (χ4n) is 3.88. The van der Waals surface area contributed by atoms with Crippen molar-refractivity contribution in [1.29, 1.82) is 0 Å². The van der Waals surface area contributed by atoms with Crippen LogP contribution in [0.25, 0.3) is 17.1 Å². The molecule has 3 heterocycles. The molecule has 0 saturated carbocycles. The predicted molar refractivity (Wildman–Crippen MR) is 123 cm³/mol. The molecule has 0 fully saturated rings. The smallest absolute Gasteiger partial charge is 0.237 e. The van der Waals surface area contributed by atoms with Gasteiger partial charge >= 0.3 is 0 Å². The van der Waals surface area contributed by atoms with Crippen molar-refractivity contribution in [2.45, 2.75) is 18.5 Å². The number of amides is 1. The van der Waals surface area contributed by atoms with Gasteiger partial charge in [-0.3, -0.25) is 14.3 Å². The third-order valence-corrected chi connectivity index (χ3v) is 6.35. The second-order valence-corrected chi connectivity index (χ2v) is 8.32. The van der Waals surface area contributed by atoms with E-state index in [1.165, 1.54) is 17.3 Å². The Kier molecular flexibility index (Phi) is 5.26. The lowest BCUT2D eigenvalue weighted by atomic mass is 10.2. The zero-order valence-electron chi connectivity index (χ0n) is 17.1.